The van der Waals surface area contributed by atoms with E-state index in [9.17, 15) is 5.11 Å². The van der Waals surface area contributed by atoms with Crippen molar-refractivity contribution in [2.75, 3.05) is 39.9 Å². The van der Waals surface area contributed by atoms with Crippen molar-refractivity contribution in [3.63, 3.8) is 0 Å². The topological polar surface area (TPSA) is 44.7 Å². The molecule has 1 atom stereocenters. The van der Waals surface area contributed by atoms with Crippen molar-refractivity contribution in [3.05, 3.63) is 29.3 Å². The van der Waals surface area contributed by atoms with Gasteiger partial charge in [-0.1, -0.05) is 6.07 Å². The number of hydrogen-bond donors (Lipinski definition) is 2. The van der Waals surface area contributed by atoms with Gasteiger partial charge in [-0.3, -0.25) is 4.90 Å². The van der Waals surface area contributed by atoms with Crippen molar-refractivity contribution in [2.24, 2.45) is 0 Å². The smallest absolute Gasteiger partial charge is 0.119 e. The first-order valence-electron chi connectivity index (χ1n) is 6.46. The van der Waals surface area contributed by atoms with Gasteiger partial charge in [0.15, 0.2) is 0 Å². The van der Waals surface area contributed by atoms with Gasteiger partial charge in [0.1, 0.15) is 5.75 Å². The lowest BCUT2D eigenvalue weighted by Gasteiger charge is -2.34. The Hall–Kier alpha value is -1.10. The van der Waals surface area contributed by atoms with Crippen molar-refractivity contribution in [2.45, 2.75) is 13.0 Å². The first kappa shape index (κ1) is 13.3. The van der Waals surface area contributed by atoms with Crippen LogP contribution in [0.25, 0.3) is 0 Å². The van der Waals surface area contributed by atoms with E-state index in [4.69, 9.17) is 4.74 Å². The fourth-order valence-corrected chi connectivity index (χ4v) is 2.55. The normalized spacial score (nSPS) is 18.6. The number of aryl methyl sites for hydroxylation is 1. The number of nitrogens with zero attached hydrogens (tertiary/aromatic N) is 1. The molecule has 0 aliphatic carbocycles. The summed E-state index contributed by atoms with van der Waals surface area (Å²) < 4.78 is 5.22. The molecule has 1 aliphatic rings. The number of nitrogens with one attached hydrogen (secondary N) is 1. The summed E-state index contributed by atoms with van der Waals surface area (Å²) in [6, 6.07) is 6.16. The molecule has 0 spiro atoms. The van der Waals surface area contributed by atoms with E-state index in [1.54, 1.807) is 7.11 Å². The average Bonchev–Trinajstić information content (AvgIpc) is 2.42. The molecular formula is C14H22N2O2. The number of piperazine rings is 1. The maximum absolute atomic E-state index is 9.69. The lowest BCUT2D eigenvalue weighted by atomic mass is 9.99. The highest BCUT2D eigenvalue weighted by atomic mass is 16.5. The van der Waals surface area contributed by atoms with Gasteiger partial charge in [-0.2, -0.15) is 0 Å². The second-order valence-electron chi connectivity index (χ2n) is 4.71. The third-order valence-corrected chi connectivity index (χ3v) is 3.60. The lowest BCUT2D eigenvalue weighted by molar-refractivity contribution is 0.110. The van der Waals surface area contributed by atoms with Crippen LogP contribution in [0.3, 0.4) is 0 Å². The second kappa shape index (κ2) is 6.18. The van der Waals surface area contributed by atoms with E-state index < -0.39 is 0 Å². The summed E-state index contributed by atoms with van der Waals surface area (Å²) in [5, 5.41) is 13.0. The summed E-state index contributed by atoms with van der Waals surface area (Å²) in [5.41, 5.74) is 2.37. The molecule has 1 aromatic carbocycles. The van der Waals surface area contributed by atoms with Crippen LogP contribution in [0.4, 0.5) is 0 Å². The van der Waals surface area contributed by atoms with E-state index in [1.165, 1.54) is 11.1 Å². The molecule has 2 N–H and O–H groups in total. The zero-order valence-electron chi connectivity index (χ0n) is 11.1. The maximum Gasteiger partial charge on any atom is 0.119 e. The highest BCUT2D eigenvalue weighted by Gasteiger charge is 2.22. The summed E-state index contributed by atoms with van der Waals surface area (Å²) in [6.07, 6.45) is 0. The highest BCUT2D eigenvalue weighted by Crippen LogP contribution is 2.26. The number of methoxy groups -OCH3 is 1. The predicted octanol–water partition coefficient (Wildman–Crippen LogP) is 0.942. The van der Waals surface area contributed by atoms with Crippen LogP contribution < -0.4 is 10.1 Å². The maximum atomic E-state index is 9.69. The second-order valence-corrected chi connectivity index (χ2v) is 4.71. The van der Waals surface area contributed by atoms with Crippen LogP contribution >= 0.6 is 0 Å². The predicted molar refractivity (Wildman–Crippen MR) is 72.0 cm³/mol. The van der Waals surface area contributed by atoms with E-state index in [-0.39, 0.29) is 12.6 Å². The first-order chi connectivity index (χ1) is 8.76. The minimum absolute atomic E-state index is 0.0954. The Morgan fingerprint density at radius 3 is 2.67 bits per heavy atom. The Morgan fingerprint density at radius 2 is 2.11 bits per heavy atom. The summed E-state index contributed by atoms with van der Waals surface area (Å²) >= 11 is 0. The molecule has 0 aromatic heterocycles. The third-order valence-electron chi connectivity index (χ3n) is 3.60. The van der Waals surface area contributed by atoms with Gasteiger partial charge < -0.3 is 15.2 Å². The van der Waals surface area contributed by atoms with E-state index in [2.05, 4.69) is 23.2 Å². The SMILES string of the molecule is COc1ccc([C@@H](CO)N2CCNCC2)c(C)c1. The van der Waals surface area contributed by atoms with E-state index in [0.29, 0.717) is 0 Å². The Balaban J connectivity index is 2.20. The van der Waals surface area contributed by atoms with E-state index in [1.807, 2.05) is 12.1 Å². The number of benzene rings is 1. The highest BCUT2D eigenvalue weighted by molar-refractivity contribution is 5.36. The number of aliphatic hydroxyl groups is 1. The molecule has 0 unspecified atom stereocenters. The first-order valence-corrected chi connectivity index (χ1v) is 6.46. The van der Waals surface area contributed by atoms with Gasteiger partial charge in [0.2, 0.25) is 0 Å². The molecule has 0 saturated carbocycles. The summed E-state index contributed by atoms with van der Waals surface area (Å²) in [6.45, 7) is 6.18. The molecular weight excluding hydrogens is 228 g/mol. The average molecular weight is 250 g/mol. The zero-order chi connectivity index (χ0) is 13.0. The van der Waals surface area contributed by atoms with Crippen molar-refractivity contribution >= 4 is 0 Å². The van der Waals surface area contributed by atoms with Gasteiger partial charge in [-0.15, -0.1) is 0 Å². The standard InChI is InChI=1S/C14H22N2O2/c1-11-9-12(18-2)3-4-13(11)14(10-17)16-7-5-15-6-8-16/h3-4,9,14-15,17H,5-8,10H2,1-2H3/t14-/m1/s1. The molecule has 4 nitrogen and oxygen atoms in total. The van der Waals surface area contributed by atoms with E-state index >= 15 is 0 Å². The van der Waals surface area contributed by atoms with Crippen LogP contribution in [0.5, 0.6) is 5.75 Å². The molecule has 0 amide bonds. The van der Waals surface area contributed by atoms with Gasteiger partial charge >= 0.3 is 0 Å². The molecule has 100 valence electrons. The zero-order valence-corrected chi connectivity index (χ0v) is 11.1. The van der Waals surface area contributed by atoms with Crippen molar-refractivity contribution in [1.29, 1.82) is 0 Å². The molecule has 2 rings (SSSR count). The molecule has 1 aliphatic heterocycles. The molecule has 1 fully saturated rings. The molecule has 0 radical (unpaired) electrons. The molecule has 1 heterocycles. The lowest BCUT2D eigenvalue weighted by Crippen LogP contribution is -2.46. The van der Waals surface area contributed by atoms with E-state index in [0.717, 1.165) is 31.9 Å². The molecule has 4 heteroatoms. The fraction of sp³-hybridized carbons (Fsp3) is 0.571. The van der Waals surface area contributed by atoms with Crippen LogP contribution in [0.1, 0.15) is 17.2 Å². The van der Waals surface area contributed by atoms with Gasteiger partial charge in [0, 0.05) is 26.2 Å². The van der Waals surface area contributed by atoms with Crippen LogP contribution in [-0.2, 0) is 0 Å². The van der Waals surface area contributed by atoms with Crippen LogP contribution in [0.2, 0.25) is 0 Å². The van der Waals surface area contributed by atoms with Gasteiger partial charge in [0.25, 0.3) is 0 Å². The number of hydrogen-bond acceptors (Lipinski definition) is 4. The van der Waals surface area contributed by atoms with Gasteiger partial charge in [0.05, 0.1) is 19.8 Å². The van der Waals surface area contributed by atoms with Crippen LogP contribution in [0.15, 0.2) is 18.2 Å². The quantitative estimate of drug-likeness (QED) is 0.835. The minimum atomic E-state index is 0.0954. The number of rotatable bonds is 4. The van der Waals surface area contributed by atoms with Crippen molar-refractivity contribution in [1.82, 2.24) is 10.2 Å². The Bertz CT molecular complexity index is 389. The third kappa shape index (κ3) is 2.83. The fourth-order valence-electron chi connectivity index (χ4n) is 2.55. The molecule has 18 heavy (non-hydrogen) atoms. The largest absolute Gasteiger partial charge is 0.497 e. The number of aliphatic hydroxyl groups excluding tert-OH is 1. The minimum Gasteiger partial charge on any atom is -0.497 e. The van der Waals surface area contributed by atoms with Crippen molar-refractivity contribution in [3.8, 4) is 5.75 Å². The molecule has 1 saturated heterocycles. The summed E-state index contributed by atoms with van der Waals surface area (Å²) in [4.78, 5) is 2.34. The number of ether oxygens (including phenoxy) is 1. The Morgan fingerprint density at radius 1 is 1.39 bits per heavy atom. The van der Waals surface area contributed by atoms with Gasteiger partial charge in [-0.25, -0.2) is 0 Å². The van der Waals surface area contributed by atoms with Crippen molar-refractivity contribution < 1.29 is 9.84 Å². The Labute approximate surface area is 109 Å². The summed E-state index contributed by atoms with van der Waals surface area (Å²) in [7, 11) is 1.67. The van der Waals surface area contributed by atoms with Crippen LogP contribution in [-0.4, -0.2) is 49.9 Å². The monoisotopic (exact) mass is 250 g/mol. The molecule has 1 aromatic rings. The van der Waals surface area contributed by atoms with Gasteiger partial charge in [-0.05, 0) is 30.2 Å². The molecule has 0 bridgehead atoms. The van der Waals surface area contributed by atoms with Crippen LogP contribution in [0, 0.1) is 6.92 Å². The Kier molecular flexibility index (Phi) is 4.58. The summed E-state index contributed by atoms with van der Waals surface area (Å²) in [5.74, 6) is 0.869.